The molecular formula is C50H30N4O. The number of fused-ring (bicyclic) bond motifs is 12. The van der Waals surface area contributed by atoms with E-state index in [9.17, 15) is 0 Å². The van der Waals surface area contributed by atoms with Gasteiger partial charge in [0.15, 0.2) is 0 Å². The van der Waals surface area contributed by atoms with Crippen molar-refractivity contribution in [1.29, 1.82) is 0 Å². The number of furan rings is 1. The molecule has 0 spiro atoms. The van der Waals surface area contributed by atoms with E-state index in [0.717, 1.165) is 88.2 Å². The second-order valence-electron chi connectivity index (χ2n) is 14.1. The summed E-state index contributed by atoms with van der Waals surface area (Å²) in [5.74, 6) is 0.639. The minimum absolute atomic E-state index is 0.639. The maximum Gasteiger partial charge on any atom is 0.235 e. The van der Waals surface area contributed by atoms with Crippen LogP contribution in [0, 0.1) is 0 Å². The van der Waals surface area contributed by atoms with Crippen LogP contribution >= 0.6 is 0 Å². The highest BCUT2D eigenvalue weighted by Gasteiger charge is 2.25. The molecule has 5 nitrogen and oxygen atoms in total. The normalized spacial score (nSPS) is 12.0. The van der Waals surface area contributed by atoms with Gasteiger partial charge in [0.1, 0.15) is 11.2 Å². The minimum Gasteiger partial charge on any atom is -0.456 e. The standard InChI is InChI=1S/C50H30N4O/c1-3-14-31(15-4-1)33-18-13-19-34(30-33)53-48-35(36-27-29-44-46(49(36)53)39-22-9-12-25-43(39)55-44)26-28-42-45(48)38-21-8-11-24-41(38)54(42)50-51-40-23-10-7-20-37(40)47(52-50)32-16-5-2-6-17-32/h1-30H. The number of aromatic nitrogens is 4. The number of hydrogen-bond donors (Lipinski definition) is 0. The van der Waals surface area contributed by atoms with Gasteiger partial charge in [-0.2, -0.15) is 0 Å². The molecule has 4 heterocycles. The average Bonchev–Trinajstić information content (AvgIpc) is 3.91. The molecule has 256 valence electrons. The highest BCUT2D eigenvalue weighted by atomic mass is 16.3. The molecule has 5 heteroatoms. The van der Waals surface area contributed by atoms with Crippen LogP contribution in [0.25, 0.3) is 110 Å². The fourth-order valence-electron chi connectivity index (χ4n) is 8.76. The molecule has 0 N–H and O–H groups in total. The molecule has 0 radical (unpaired) electrons. The number of benzene rings is 8. The van der Waals surface area contributed by atoms with Gasteiger partial charge in [-0.25, -0.2) is 9.97 Å². The lowest BCUT2D eigenvalue weighted by Crippen LogP contribution is -2.03. The van der Waals surface area contributed by atoms with Crippen LogP contribution in [0.4, 0.5) is 0 Å². The van der Waals surface area contributed by atoms with Gasteiger partial charge in [-0.15, -0.1) is 0 Å². The van der Waals surface area contributed by atoms with Crippen LogP contribution in [0.3, 0.4) is 0 Å². The van der Waals surface area contributed by atoms with E-state index >= 15 is 0 Å². The number of para-hydroxylation sites is 3. The van der Waals surface area contributed by atoms with Crippen molar-refractivity contribution in [1.82, 2.24) is 19.1 Å². The summed E-state index contributed by atoms with van der Waals surface area (Å²) in [6.07, 6.45) is 0. The molecule has 0 bridgehead atoms. The van der Waals surface area contributed by atoms with Crippen molar-refractivity contribution in [2.75, 3.05) is 0 Å². The summed E-state index contributed by atoms with van der Waals surface area (Å²) in [5.41, 5.74) is 12.4. The zero-order valence-electron chi connectivity index (χ0n) is 29.5. The van der Waals surface area contributed by atoms with Crippen LogP contribution in [0.15, 0.2) is 186 Å². The summed E-state index contributed by atoms with van der Waals surface area (Å²) in [7, 11) is 0. The van der Waals surface area contributed by atoms with Gasteiger partial charge in [-0.05, 0) is 59.7 Å². The Bertz CT molecular complexity index is 3480. The first-order chi connectivity index (χ1) is 27.3. The molecule has 0 fully saturated rings. The topological polar surface area (TPSA) is 48.8 Å². The van der Waals surface area contributed by atoms with Gasteiger partial charge in [0, 0.05) is 43.6 Å². The summed E-state index contributed by atoms with van der Waals surface area (Å²) >= 11 is 0. The molecule has 0 aliphatic rings. The summed E-state index contributed by atoms with van der Waals surface area (Å²) in [6.45, 7) is 0. The van der Waals surface area contributed by atoms with E-state index in [2.05, 4.69) is 173 Å². The third-order valence-corrected chi connectivity index (χ3v) is 11.1. The number of rotatable bonds is 4. The Morgan fingerprint density at radius 3 is 1.87 bits per heavy atom. The van der Waals surface area contributed by atoms with E-state index in [-0.39, 0.29) is 0 Å². The zero-order valence-corrected chi connectivity index (χ0v) is 29.5. The van der Waals surface area contributed by atoms with E-state index < -0.39 is 0 Å². The number of hydrogen-bond acceptors (Lipinski definition) is 3. The zero-order chi connectivity index (χ0) is 36.0. The average molecular weight is 703 g/mol. The van der Waals surface area contributed by atoms with Crippen molar-refractivity contribution in [2.45, 2.75) is 0 Å². The van der Waals surface area contributed by atoms with Gasteiger partial charge >= 0.3 is 0 Å². The van der Waals surface area contributed by atoms with Gasteiger partial charge in [0.05, 0.1) is 38.7 Å². The molecular weight excluding hydrogens is 673 g/mol. The molecule has 0 saturated carbocycles. The molecule has 0 atom stereocenters. The van der Waals surface area contributed by atoms with Crippen molar-refractivity contribution in [3.8, 4) is 34.0 Å². The van der Waals surface area contributed by atoms with Crippen LogP contribution in [-0.4, -0.2) is 19.1 Å². The molecule has 0 aliphatic carbocycles. The van der Waals surface area contributed by atoms with Crippen molar-refractivity contribution in [3.63, 3.8) is 0 Å². The van der Waals surface area contributed by atoms with Crippen LogP contribution in [0.2, 0.25) is 0 Å². The summed E-state index contributed by atoms with van der Waals surface area (Å²) in [4.78, 5) is 10.6. The molecule has 55 heavy (non-hydrogen) atoms. The molecule has 12 aromatic rings. The predicted octanol–water partition coefficient (Wildman–Crippen LogP) is 13.1. The van der Waals surface area contributed by atoms with Gasteiger partial charge < -0.3 is 8.98 Å². The number of nitrogens with zero attached hydrogens (tertiary/aromatic N) is 4. The lowest BCUT2D eigenvalue weighted by molar-refractivity contribution is 0.669. The Morgan fingerprint density at radius 1 is 0.382 bits per heavy atom. The summed E-state index contributed by atoms with van der Waals surface area (Å²) < 4.78 is 11.2. The van der Waals surface area contributed by atoms with Crippen LogP contribution in [-0.2, 0) is 0 Å². The Hall–Kier alpha value is -7.50. The lowest BCUT2D eigenvalue weighted by Gasteiger charge is -2.13. The van der Waals surface area contributed by atoms with Gasteiger partial charge in [-0.1, -0.05) is 133 Å². The Labute approximate surface area is 315 Å². The lowest BCUT2D eigenvalue weighted by atomic mass is 10.0. The highest BCUT2D eigenvalue weighted by Crippen LogP contribution is 2.46. The SMILES string of the molecule is c1ccc(-c2cccc(-n3c4c(ccc5oc6ccccc6c54)c4ccc5c(c6ccccc6n5-c5nc(-c6ccccc6)c6ccccc6n5)c43)c2)cc1. The van der Waals surface area contributed by atoms with Gasteiger partial charge in [0.25, 0.3) is 0 Å². The van der Waals surface area contributed by atoms with Crippen molar-refractivity contribution in [3.05, 3.63) is 182 Å². The molecule has 0 unspecified atom stereocenters. The van der Waals surface area contributed by atoms with Crippen LogP contribution in [0.5, 0.6) is 0 Å². The van der Waals surface area contributed by atoms with E-state index in [4.69, 9.17) is 14.4 Å². The van der Waals surface area contributed by atoms with E-state index in [1.54, 1.807) is 0 Å². The summed E-state index contributed by atoms with van der Waals surface area (Å²) in [6, 6.07) is 64.1. The summed E-state index contributed by atoms with van der Waals surface area (Å²) in [5, 5.41) is 7.86. The van der Waals surface area contributed by atoms with Crippen molar-refractivity contribution < 1.29 is 4.42 Å². The molecule has 0 aliphatic heterocycles. The molecule has 12 rings (SSSR count). The predicted molar refractivity (Wildman–Crippen MR) is 226 cm³/mol. The molecule has 8 aromatic carbocycles. The molecule has 4 aromatic heterocycles. The second-order valence-corrected chi connectivity index (χ2v) is 14.1. The molecule has 0 amide bonds. The van der Waals surface area contributed by atoms with Gasteiger partial charge in [0.2, 0.25) is 5.95 Å². The Balaban J connectivity index is 1.26. The first-order valence-electron chi connectivity index (χ1n) is 18.6. The van der Waals surface area contributed by atoms with E-state index in [1.165, 1.54) is 16.3 Å². The van der Waals surface area contributed by atoms with Crippen LogP contribution in [0.1, 0.15) is 0 Å². The highest BCUT2D eigenvalue weighted by molar-refractivity contribution is 6.30. The first kappa shape index (κ1) is 30.0. The quantitative estimate of drug-likeness (QED) is 0.183. The first-order valence-corrected chi connectivity index (χ1v) is 18.6. The fraction of sp³-hybridized carbons (Fsp3) is 0. The second kappa shape index (κ2) is 11.5. The third-order valence-electron chi connectivity index (χ3n) is 11.1. The van der Waals surface area contributed by atoms with Crippen molar-refractivity contribution in [2.24, 2.45) is 0 Å². The maximum absolute atomic E-state index is 6.51. The Kier molecular flexibility index (Phi) is 6.27. The Morgan fingerprint density at radius 2 is 1.04 bits per heavy atom. The van der Waals surface area contributed by atoms with Crippen LogP contribution < -0.4 is 0 Å². The van der Waals surface area contributed by atoms with E-state index in [0.29, 0.717) is 5.95 Å². The third kappa shape index (κ3) is 4.35. The largest absolute Gasteiger partial charge is 0.456 e. The maximum atomic E-state index is 6.51. The van der Waals surface area contributed by atoms with Crippen molar-refractivity contribution >= 4 is 76.5 Å². The minimum atomic E-state index is 0.639. The van der Waals surface area contributed by atoms with Gasteiger partial charge in [-0.3, -0.25) is 4.57 Å². The molecule has 0 saturated heterocycles. The smallest absolute Gasteiger partial charge is 0.235 e. The van der Waals surface area contributed by atoms with E-state index in [1.807, 2.05) is 18.2 Å². The monoisotopic (exact) mass is 702 g/mol. The fourth-order valence-corrected chi connectivity index (χ4v) is 8.76.